The van der Waals surface area contributed by atoms with Gasteiger partial charge < -0.3 is 10.1 Å². The van der Waals surface area contributed by atoms with Gasteiger partial charge in [-0.15, -0.1) is 0 Å². The van der Waals surface area contributed by atoms with E-state index in [0.29, 0.717) is 6.42 Å². The number of hydrogen-bond donors (Lipinski definition) is 2. The molecule has 0 saturated heterocycles. The van der Waals surface area contributed by atoms with Crippen molar-refractivity contribution in [1.29, 1.82) is 0 Å². The molecular formula is C21H21NO2. The number of ketones is 1. The Balaban J connectivity index is 1.54. The van der Waals surface area contributed by atoms with Gasteiger partial charge in [-0.1, -0.05) is 30.3 Å². The van der Waals surface area contributed by atoms with Crippen LogP contribution in [0.2, 0.25) is 0 Å². The number of phenols is 1. The van der Waals surface area contributed by atoms with E-state index in [2.05, 4.69) is 17.1 Å². The number of fused-ring (bicyclic) bond motifs is 1. The number of carbonyl (C=O) groups excluding carboxylic acids is 1. The Morgan fingerprint density at radius 1 is 1.21 bits per heavy atom. The molecule has 2 aromatic carbocycles. The molecule has 3 nitrogen and oxygen atoms in total. The number of H-pyrrole nitrogens is 1. The van der Waals surface area contributed by atoms with E-state index in [1.807, 2.05) is 31.3 Å². The van der Waals surface area contributed by atoms with Gasteiger partial charge in [0.2, 0.25) is 0 Å². The summed E-state index contributed by atoms with van der Waals surface area (Å²) in [6, 6.07) is 13.5. The summed E-state index contributed by atoms with van der Waals surface area (Å²) in [5.74, 6) is 0.401. The standard InChI is InChI=1S/C21H21NO2/c1-15-13-16(10-12-21(15)24)9-11-18(23)6-4-5-17-14-22-20-8-3-2-7-19(17)20/h2-3,7-14,22,24H,4-6H2,1H3/b11-9+. The molecule has 122 valence electrons. The fraction of sp³-hybridized carbons (Fsp3) is 0.190. The number of nitrogens with one attached hydrogen (secondary N) is 1. The monoisotopic (exact) mass is 319 g/mol. The van der Waals surface area contributed by atoms with Crippen LogP contribution < -0.4 is 0 Å². The van der Waals surface area contributed by atoms with Crippen molar-refractivity contribution in [1.82, 2.24) is 4.98 Å². The lowest BCUT2D eigenvalue weighted by Gasteiger charge is -2.00. The Kier molecular flexibility index (Phi) is 4.80. The van der Waals surface area contributed by atoms with E-state index in [1.54, 1.807) is 24.3 Å². The number of phenolic OH excluding ortho intramolecular Hbond substituents is 1. The molecule has 0 spiro atoms. The fourth-order valence-electron chi connectivity index (χ4n) is 2.85. The van der Waals surface area contributed by atoms with Gasteiger partial charge in [0, 0.05) is 23.5 Å². The molecule has 2 N–H and O–H groups in total. The van der Waals surface area contributed by atoms with Crippen LogP contribution in [0.1, 0.15) is 29.5 Å². The largest absolute Gasteiger partial charge is 0.508 e. The van der Waals surface area contributed by atoms with E-state index in [-0.39, 0.29) is 11.5 Å². The molecular weight excluding hydrogens is 298 g/mol. The maximum Gasteiger partial charge on any atom is 0.155 e. The van der Waals surface area contributed by atoms with Gasteiger partial charge in [-0.3, -0.25) is 4.79 Å². The summed E-state index contributed by atoms with van der Waals surface area (Å²) in [6.07, 6.45) is 7.72. The van der Waals surface area contributed by atoms with Gasteiger partial charge >= 0.3 is 0 Å². The molecule has 3 aromatic rings. The second-order valence-corrected chi connectivity index (χ2v) is 6.06. The van der Waals surface area contributed by atoms with Crippen LogP contribution in [-0.4, -0.2) is 15.9 Å². The van der Waals surface area contributed by atoms with Gasteiger partial charge in [0.1, 0.15) is 5.75 Å². The molecule has 0 fully saturated rings. The van der Waals surface area contributed by atoms with Crippen LogP contribution in [-0.2, 0) is 11.2 Å². The molecule has 0 bridgehead atoms. The fourth-order valence-corrected chi connectivity index (χ4v) is 2.85. The molecule has 0 radical (unpaired) electrons. The Morgan fingerprint density at radius 2 is 2.04 bits per heavy atom. The third-order valence-electron chi connectivity index (χ3n) is 4.23. The van der Waals surface area contributed by atoms with Crippen molar-refractivity contribution >= 4 is 22.8 Å². The van der Waals surface area contributed by atoms with Gasteiger partial charge in [0.05, 0.1) is 0 Å². The number of para-hydroxylation sites is 1. The molecule has 24 heavy (non-hydrogen) atoms. The number of hydrogen-bond acceptors (Lipinski definition) is 2. The van der Waals surface area contributed by atoms with E-state index in [0.717, 1.165) is 29.5 Å². The highest BCUT2D eigenvalue weighted by molar-refractivity contribution is 5.93. The number of aromatic hydroxyl groups is 1. The average molecular weight is 319 g/mol. The Morgan fingerprint density at radius 3 is 2.88 bits per heavy atom. The minimum Gasteiger partial charge on any atom is -0.508 e. The zero-order valence-corrected chi connectivity index (χ0v) is 13.8. The molecule has 0 saturated carbocycles. The third kappa shape index (κ3) is 3.74. The molecule has 0 unspecified atom stereocenters. The molecule has 0 atom stereocenters. The normalized spacial score (nSPS) is 11.4. The predicted molar refractivity (Wildman–Crippen MR) is 98.1 cm³/mol. The maximum atomic E-state index is 12.0. The minimum absolute atomic E-state index is 0.126. The smallest absolute Gasteiger partial charge is 0.155 e. The minimum atomic E-state index is 0.126. The van der Waals surface area contributed by atoms with Crippen LogP contribution >= 0.6 is 0 Å². The van der Waals surface area contributed by atoms with Crippen LogP contribution in [0.5, 0.6) is 5.75 Å². The van der Waals surface area contributed by atoms with Crippen molar-refractivity contribution in [3.8, 4) is 5.75 Å². The van der Waals surface area contributed by atoms with Gasteiger partial charge in [-0.2, -0.15) is 0 Å². The zero-order chi connectivity index (χ0) is 16.9. The molecule has 0 aliphatic carbocycles. The summed E-state index contributed by atoms with van der Waals surface area (Å²) in [4.78, 5) is 15.3. The lowest BCUT2D eigenvalue weighted by atomic mass is 10.0. The summed E-state index contributed by atoms with van der Waals surface area (Å²) in [5, 5.41) is 10.7. The van der Waals surface area contributed by atoms with E-state index < -0.39 is 0 Å². The highest BCUT2D eigenvalue weighted by Gasteiger charge is 2.04. The quantitative estimate of drug-likeness (QED) is 0.642. The highest BCUT2D eigenvalue weighted by Crippen LogP contribution is 2.20. The maximum absolute atomic E-state index is 12.0. The Hall–Kier alpha value is -2.81. The molecule has 0 aliphatic rings. The van der Waals surface area contributed by atoms with Crippen molar-refractivity contribution in [2.75, 3.05) is 0 Å². The molecule has 3 rings (SSSR count). The summed E-state index contributed by atoms with van der Waals surface area (Å²) >= 11 is 0. The van der Waals surface area contributed by atoms with Crippen LogP contribution in [0.3, 0.4) is 0 Å². The van der Waals surface area contributed by atoms with Gasteiger partial charge in [-0.25, -0.2) is 0 Å². The lowest BCUT2D eigenvalue weighted by molar-refractivity contribution is -0.114. The Labute approximate surface area is 141 Å². The summed E-state index contributed by atoms with van der Waals surface area (Å²) in [5.41, 5.74) is 4.14. The van der Waals surface area contributed by atoms with Crippen LogP contribution in [0, 0.1) is 6.92 Å². The second kappa shape index (κ2) is 7.18. The SMILES string of the molecule is Cc1cc(/C=C/C(=O)CCCc2c[nH]c3ccccc23)ccc1O. The van der Waals surface area contributed by atoms with E-state index in [1.165, 1.54) is 10.9 Å². The summed E-state index contributed by atoms with van der Waals surface area (Å²) in [7, 11) is 0. The number of rotatable bonds is 6. The Bertz CT molecular complexity index is 890. The van der Waals surface area contributed by atoms with Crippen LogP contribution in [0.15, 0.2) is 54.7 Å². The first-order valence-corrected chi connectivity index (χ1v) is 8.19. The first kappa shape index (κ1) is 16.1. The van der Waals surface area contributed by atoms with E-state index in [9.17, 15) is 9.90 Å². The molecule has 1 heterocycles. The van der Waals surface area contributed by atoms with Crippen LogP contribution in [0.25, 0.3) is 17.0 Å². The predicted octanol–water partition coefficient (Wildman–Crippen LogP) is 4.79. The number of aromatic amines is 1. The first-order chi connectivity index (χ1) is 11.6. The first-order valence-electron chi connectivity index (χ1n) is 8.19. The molecule has 3 heteroatoms. The van der Waals surface area contributed by atoms with E-state index in [4.69, 9.17) is 0 Å². The van der Waals surface area contributed by atoms with Crippen molar-refractivity contribution in [3.63, 3.8) is 0 Å². The second-order valence-electron chi connectivity index (χ2n) is 6.06. The number of allylic oxidation sites excluding steroid dienone is 1. The highest BCUT2D eigenvalue weighted by atomic mass is 16.3. The lowest BCUT2D eigenvalue weighted by Crippen LogP contribution is -1.94. The third-order valence-corrected chi connectivity index (χ3v) is 4.23. The van der Waals surface area contributed by atoms with E-state index >= 15 is 0 Å². The van der Waals surface area contributed by atoms with Crippen molar-refractivity contribution in [2.24, 2.45) is 0 Å². The molecule has 1 aromatic heterocycles. The van der Waals surface area contributed by atoms with Crippen molar-refractivity contribution < 1.29 is 9.90 Å². The van der Waals surface area contributed by atoms with Gasteiger partial charge in [-0.05, 0) is 60.7 Å². The van der Waals surface area contributed by atoms with Gasteiger partial charge in [0.25, 0.3) is 0 Å². The van der Waals surface area contributed by atoms with Gasteiger partial charge in [0.15, 0.2) is 5.78 Å². The average Bonchev–Trinajstić information content (AvgIpc) is 2.99. The number of aryl methyl sites for hydroxylation is 2. The number of aromatic nitrogens is 1. The zero-order valence-electron chi connectivity index (χ0n) is 13.8. The summed E-state index contributed by atoms with van der Waals surface area (Å²) in [6.45, 7) is 1.84. The molecule has 0 amide bonds. The van der Waals surface area contributed by atoms with Crippen molar-refractivity contribution in [2.45, 2.75) is 26.2 Å². The topological polar surface area (TPSA) is 53.1 Å². The number of benzene rings is 2. The summed E-state index contributed by atoms with van der Waals surface area (Å²) < 4.78 is 0. The van der Waals surface area contributed by atoms with Crippen LogP contribution in [0.4, 0.5) is 0 Å². The molecule has 0 aliphatic heterocycles. The number of carbonyl (C=O) groups is 1. The van der Waals surface area contributed by atoms with Crippen molar-refractivity contribution in [3.05, 3.63) is 71.4 Å².